The van der Waals surface area contributed by atoms with Crippen molar-refractivity contribution in [3.05, 3.63) is 71.3 Å². The van der Waals surface area contributed by atoms with Gasteiger partial charge in [-0.3, -0.25) is 9.69 Å². The molecule has 3 nitrogen and oxygen atoms in total. The highest BCUT2D eigenvalue weighted by atomic mass is 16.2. The Bertz CT molecular complexity index is 758. The lowest BCUT2D eigenvalue weighted by Gasteiger charge is -2.36. The fourth-order valence-corrected chi connectivity index (χ4v) is 4.58. The molecule has 0 aliphatic carbocycles. The molecule has 0 aromatic heterocycles. The van der Waals surface area contributed by atoms with Crippen LogP contribution in [0.15, 0.2) is 54.6 Å². The summed E-state index contributed by atoms with van der Waals surface area (Å²) in [5.74, 6) is 0.786. The van der Waals surface area contributed by atoms with E-state index in [2.05, 4.69) is 41.0 Å². The van der Waals surface area contributed by atoms with Gasteiger partial charge < -0.3 is 4.90 Å². The molecule has 0 spiro atoms. The molecule has 2 aromatic rings. The van der Waals surface area contributed by atoms with Crippen LogP contribution < -0.4 is 0 Å². The molecular formula is C23H28N2O. The number of nitrogens with zero attached hydrogens (tertiary/aromatic N) is 2. The van der Waals surface area contributed by atoms with Gasteiger partial charge in [-0.05, 0) is 48.4 Å². The smallest absolute Gasteiger partial charge is 0.253 e. The number of hydrogen-bond donors (Lipinski definition) is 0. The molecule has 1 amide bonds. The highest BCUT2D eigenvalue weighted by Crippen LogP contribution is 2.30. The van der Waals surface area contributed by atoms with Gasteiger partial charge in [0.25, 0.3) is 5.91 Å². The van der Waals surface area contributed by atoms with Gasteiger partial charge in [0.1, 0.15) is 0 Å². The minimum atomic E-state index is 0.193. The van der Waals surface area contributed by atoms with E-state index in [0.717, 1.165) is 38.2 Å². The summed E-state index contributed by atoms with van der Waals surface area (Å²) < 4.78 is 0. The Balaban J connectivity index is 1.51. The Hall–Kier alpha value is -2.13. The average molecular weight is 348 g/mol. The van der Waals surface area contributed by atoms with E-state index in [1.165, 1.54) is 24.0 Å². The van der Waals surface area contributed by atoms with Crippen molar-refractivity contribution in [1.29, 1.82) is 0 Å². The first-order chi connectivity index (χ1) is 12.7. The minimum Gasteiger partial charge on any atom is -0.337 e. The summed E-state index contributed by atoms with van der Waals surface area (Å²) in [7, 11) is 0. The monoisotopic (exact) mass is 348 g/mol. The third-order valence-corrected chi connectivity index (χ3v) is 6.01. The van der Waals surface area contributed by atoms with Crippen molar-refractivity contribution < 1.29 is 4.79 Å². The molecule has 136 valence electrons. The SMILES string of the molecule is CCc1ccccc1CN1C[C@@H]2CC[C@H]1CN(C(=O)c1ccccc1)C2. The molecule has 3 heteroatoms. The second-order valence-electron chi connectivity index (χ2n) is 7.73. The zero-order chi connectivity index (χ0) is 17.9. The zero-order valence-corrected chi connectivity index (χ0v) is 15.6. The van der Waals surface area contributed by atoms with Gasteiger partial charge in [0.15, 0.2) is 0 Å². The molecule has 0 radical (unpaired) electrons. The zero-order valence-electron chi connectivity index (χ0n) is 15.6. The molecule has 2 bridgehead atoms. The maximum atomic E-state index is 12.9. The number of hydrogen-bond acceptors (Lipinski definition) is 2. The molecule has 0 N–H and O–H groups in total. The van der Waals surface area contributed by atoms with E-state index >= 15 is 0 Å². The molecule has 2 atom stereocenters. The van der Waals surface area contributed by atoms with Crippen LogP contribution in [0.25, 0.3) is 0 Å². The van der Waals surface area contributed by atoms with Crippen molar-refractivity contribution in [1.82, 2.24) is 9.80 Å². The summed E-state index contributed by atoms with van der Waals surface area (Å²) in [4.78, 5) is 17.7. The molecule has 3 saturated heterocycles. The number of carbonyl (C=O) groups is 1. The number of carbonyl (C=O) groups excluding carboxylic acids is 1. The largest absolute Gasteiger partial charge is 0.337 e. The van der Waals surface area contributed by atoms with Crippen LogP contribution >= 0.6 is 0 Å². The fraction of sp³-hybridized carbons (Fsp3) is 0.435. The average Bonchev–Trinajstić information content (AvgIpc) is 3.00. The van der Waals surface area contributed by atoms with Gasteiger partial charge in [-0.25, -0.2) is 0 Å². The number of benzene rings is 2. The second-order valence-corrected chi connectivity index (χ2v) is 7.73. The molecule has 3 aliphatic rings. The third-order valence-electron chi connectivity index (χ3n) is 6.01. The van der Waals surface area contributed by atoms with Gasteiger partial charge in [0.2, 0.25) is 0 Å². The maximum absolute atomic E-state index is 12.9. The molecule has 3 aliphatic heterocycles. The lowest BCUT2D eigenvalue weighted by Crippen LogP contribution is -2.44. The van der Waals surface area contributed by atoms with Gasteiger partial charge in [0.05, 0.1) is 0 Å². The maximum Gasteiger partial charge on any atom is 0.253 e. The third kappa shape index (κ3) is 3.54. The topological polar surface area (TPSA) is 23.6 Å². The fourth-order valence-electron chi connectivity index (χ4n) is 4.58. The molecule has 0 saturated carbocycles. The highest BCUT2D eigenvalue weighted by Gasteiger charge is 2.36. The van der Waals surface area contributed by atoms with Crippen LogP contribution in [-0.2, 0) is 13.0 Å². The predicted molar refractivity (Wildman–Crippen MR) is 105 cm³/mol. The van der Waals surface area contributed by atoms with Gasteiger partial charge >= 0.3 is 0 Å². The van der Waals surface area contributed by atoms with E-state index in [1.54, 1.807) is 0 Å². The lowest BCUT2D eigenvalue weighted by atomic mass is 9.94. The van der Waals surface area contributed by atoms with Crippen molar-refractivity contribution in [2.45, 2.75) is 38.8 Å². The van der Waals surface area contributed by atoms with Crippen LogP contribution in [0.3, 0.4) is 0 Å². The van der Waals surface area contributed by atoms with Crippen LogP contribution in [0.2, 0.25) is 0 Å². The number of fused-ring (bicyclic) bond motifs is 4. The van der Waals surface area contributed by atoms with Crippen molar-refractivity contribution in [3.63, 3.8) is 0 Å². The molecule has 3 heterocycles. The Kier molecular flexibility index (Phi) is 5.07. The van der Waals surface area contributed by atoms with Gasteiger partial charge in [-0.15, -0.1) is 0 Å². The van der Waals surface area contributed by atoms with Gasteiger partial charge in [-0.2, -0.15) is 0 Å². The normalized spacial score (nSPS) is 23.0. The van der Waals surface area contributed by atoms with Crippen molar-refractivity contribution in [2.24, 2.45) is 5.92 Å². The van der Waals surface area contributed by atoms with Gasteiger partial charge in [-0.1, -0.05) is 49.4 Å². The van der Waals surface area contributed by atoms with Crippen molar-refractivity contribution in [3.8, 4) is 0 Å². The molecule has 0 unspecified atom stereocenters. The number of piperidine rings is 1. The first-order valence-corrected chi connectivity index (χ1v) is 9.89. The summed E-state index contributed by atoms with van der Waals surface area (Å²) in [5, 5.41) is 0. The Labute approximate surface area is 156 Å². The number of amides is 1. The predicted octanol–water partition coefficient (Wildman–Crippen LogP) is 3.99. The number of aryl methyl sites for hydroxylation is 1. The minimum absolute atomic E-state index is 0.193. The summed E-state index contributed by atoms with van der Waals surface area (Å²) in [5.41, 5.74) is 3.71. The molecular weight excluding hydrogens is 320 g/mol. The summed E-state index contributed by atoms with van der Waals surface area (Å²) >= 11 is 0. The Morgan fingerprint density at radius 2 is 1.65 bits per heavy atom. The Morgan fingerprint density at radius 1 is 0.923 bits per heavy atom. The highest BCUT2D eigenvalue weighted by molar-refractivity contribution is 5.94. The van der Waals surface area contributed by atoms with E-state index in [0.29, 0.717) is 12.0 Å². The molecule has 26 heavy (non-hydrogen) atoms. The van der Waals surface area contributed by atoms with Crippen LogP contribution in [0.1, 0.15) is 41.3 Å². The summed E-state index contributed by atoms with van der Waals surface area (Å²) in [6.45, 7) is 6.11. The second kappa shape index (κ2) is 7.63. The van der Waals surface area contributed by atoms with E-state index in [4.69, 9.17) is 0 Å². The Morgan fingerprint density at radius 3 is 2.42 bits per heavy atom. The van der Waals surface area contributed by atoms with Crippen LogP contribution in [0.5, 0.6) is 0 Å². The van der Waals surface area contributed by atoms with Crippen molar-refractivity contribution >= 4 is 5.91 Å². The molecule has 2 aromatic carbocycles. The van der Waals surface area contributed by atoms with E-state index in [-0.39, 0.29) is 5.91 Å². The van der Waals surface area contributed by atoms with E-state index in [1.807, 2.05) is 30.3 Å². The summed E-state index contributed by atoms with van der Waals surface area (Å²) in [6.07, 6.45) is 3.53. The van der Waals surface area contributed by atoms with Crippen LogP contribution in [0.4, 0.5) is 0 Å². The van der Waals surface area contributed by atoms with E-state index in [9.17, 15) is 4.79 Å². The number of rotatable bonds is 4. The van der Waals surface area contributed by atoms with E-state index < -0.39 is 0 Å². The first-order valence-electron chi connectivity index (χ1n) is 9.89. The quantitative estimate of drug-likeness (QED) is 0.834. The molecule has 5 rings (SSSR count). The lowest BCUT2D eigenvalue weighted by molar-refractivity contribution is 0.0736. The standard InChI is InChI=1S/C23H28N2O/c1-2-19-8-6-7-11-21(19)16-24-14-18-12-13-22(24)17-25(15-18)23(26)20-9-4-3-5-10-20/h3-11,18,22H,2,12-17H2,1H3/t18-,22-/m0/s1. The van der Waals surface area contributed by atoms with Gasteiger partial charge in [0, 0.05) is 37.8 Å². The molecule has 3 fully saturated rings. The first kappa shape index (κ1) is 17.3. The van der Waals surface area contributed by atoms with Crippen LogP contribution in [0, 0.1) is 5.92 Å². The van der Waals surface area contributed by atoms with Crippen molar-refractivity contribution in [2.75, 3.05) is 19.6 Å². The van der Waals surface area contributed by atoms with Crippen LogP contribution in [-0.4, -0.2) is 41.4 Å². The summed E-state index contributed by atoms with van der Waals surface area (Å²) in [6, 6.07) is 19.0.